The Labute approximate surface area is 114 Å². The van der Waals surface area contributed by atoms with Crippen LogP contribution in [-0.4, -0.2) is 23.2 Å². The number of alkyl halides is 3. The Kier molecular flexibility index (Phi) is 3.77. The summed E-state index contributed by atoms with van der Waals surface area (Å²) in [6.45, 7) is 1.75. The number of aliphatic hydroxyl groups is 1. The van der Waals surface area contributed by atoms with Crippen LogP contribution in [0.4, 0.5) is 13.2 Å². The molecule has 1 aliphatic rings. The molecule has 0 spiro atoms. The first-order valence-corrected chi connectivity index (χ1v) is 6.38. The minimum absolute atomic E-state index is 0.0948. The Morgan fingerprint density at radius 1 is 1.30 bits per heavy atom. The number of hydrogen-bond acceptors (Lipinski definition) is 2. The van der Waals surface area contributed by atoms with Crippen LogP contribution in [0.25, 0.3) is 0 Å². The fourth-order valence-corrected chi connectivity index (χ4v) is 2.02. The molecule has 1 aliphatic carbocycles. The fourth-order valence-electron chi connectivity index (χ4n) is 2.02. The number of halogens is 3. The van der Waals surface area contributed by atoms with E-state index in [9.17, 15) is 23.1 Å². The van der Waals surface area contributed by atoms with Crippen LogP contribution >= 0.6 is 0 Å². The second-order valence-corrected chi connectivity index (χ2v) is 5.39. The van der Waals surface area contributed by atoms with Crippen molar-refractivity contribution in [1.29, 1.82) is 0 Å². The lowest BCUT2D eigenvalue weighted by molar-refractivity contribution is -0.137. The average molecular weight is 287 g/mol. The predicted octanol–water partition coefficient (Wildman–Crippen LogP) is 2.60. The number of hydrogen-bond donors (Lipinski definition) is 2. The monoisotopic (exact) mass is 287 g/mol. The first-order valence-electron chi connectivity index (χ1n) is 6.38. The van der Waals surface area contributed by atoms with E-state index < -0.39 is 23.2 Å². The van der Waals surface area contributed by atoms with Crippen LogP contribution in [0.5, 0.6) is 0 Å². The molecular weight excluding hydrogens is 271 g/mol. The zero-order valence-electron chi connectivity index (χ0n) is 11.0. The van der Waals surface area contributed by atoms with Gasteiger partial charge in [0.15, 0.2) is 0 Å². The molecule has 0 bridgehead atoms. The number of amides is 1. The van der Waals surface area contributed by atoms with Crippen molar-refractivity contribution in [3.63, 3.8) is 0 Å². The Balaban J connectivity index is 1.95. The molecule has 2 N–H and O–H groups in total. The van der Waals surface area contributed by atoms with E-state index in [4.69, 9.17) is 0 Å². The summed E-state index contributed by atoms with van der Waals surface area (Å²) in [5.41, 5.74) is -1.61. The summed E-state index contributed by atoms with van der Waals surface area (Å²) in [6.07, 6.45) is -2.54. The summed E-state index contributed by atoms with van der Waals surface area (Å²) in [7, 11) is 0. The van der Waals surface area contributed by atoms with E-state index in [-0.39, 0.29) is 18.0 Å². The van der Waals surface area contributed by atoms with E-state index in [0.717, 1.165) is 37.1 Å². The van der Waals surface area contributed by atoms with Gasteiger partial charge in [-0.25, -0.2) is 0 Å². The van der Waals surface area contributed by atoms with Crippen molar-refractivity contribution in [2.75, 3.05) is 6.54 Å². The topological polar surface area (TPSA) is 49.3 Å². The van der Waals surface area contributed by atoms with Crippen LogP contribution in [0.1, 0.15) is 35.7 Å². The van der Waals surface area contributed by atoms with Crippen molar-refractivity contribution in [3.05, 3.63) is 35.4 Å². The molecule has 3 nitrogen and oxygen atoms in total. The molecule has 1 unspecified atom stereocenters. The Morgan fingerprint density at radius 2 is 1.85 bits per heavy atom. The first-order chi connectivity index (χ1) is 9.20. The SMILES string of the molecule is CC(O)(CNC(=O)c1ccc(C(F)(F)F)cc1)C1CC1. The van der Waals surface area contributed by atoms with Gasteiger partial charge in [0.1, 0.15) is 0 Å². The fraction of sp³-hybridized carbons (Fsp3) is 0.500. The van der Waals surface area contributed by atoms with Crippen molar-refractivity contribution in [3.8, 4) is 0 Å². The third-order valence-corrected chi connectivity index (χ3v) is 3.54. The van der Waals surface area contributed by atoms with E-state index in [2.05, 4.69) is 5.32 Å². The number of nitrogens with one attached hydrogen (secondary N) is 1. The van der Waals surface area contributed by atoms with Gasteiger partial charge in [-0.3, -0.25) is 4.79 Å². The molecule has 2 rings (SSSR count). The van der Waals surface area contributed by atoms with Gasteiger partial charge in [0, 0.05) is 12.1 Å². The Hall–Kier alpha value is -1.56. The van der Waals surface area contributed by atoms with E-state index in [1.54, 1.807) is 6.92 Å². The van der Waals surface area contributed by atoms with Gasteiger partial charge in [-0.2, -0.15) is 13.2 Å². The van der Waals surface area contributed by atoms with Gasteiger partial charge in [-0.1, -0.05) is 0 Å². The highest BCUT2D eigenvalue weighted by Gasteiger charge is 2.40. The van der Waals surface area contributed by atoms with Gasteiger partial charge in [-0.15, -0.1) is 0 Å². The van der Waals surface area contributed by atoms with Gasteiger partial charge in [-0.05, 0) is 49.9 Å². The Bertz CT molecular complexity index is 490. The highest BCUT2D eigenvalue weighted by Crippen LogP contribution is 2.39. The predicted molar refractivity (Wildman–Crippen MR) is 67.1 cm³/mol. The summed E-state index contributed by atoms with van der Waals surface area (Å²) >= 11 is 0. The van der Waals surface area contributed by atoms with Crippen molar-refractivity contribution in [1.82, 2.24) is 5.32 Å². The summed E-state index contributed by atoms with van der Waals surface area (Å²) in [5, 5.41) is 12.6. The molecule has 1 aromatic rings. The van der Waals surface area contributed by atoms with Crippen LogP contribution in [0.2, 0.25) is 0 Å². The quantitative estimate of drug-likeness (QED) is 0.894. The van der Waals surface area contributed by atoms with Gasteiger partial charge in [0.2, 0.25) is 0 Å². The van der Waals surface area contributed by atoms with Gasteiger partial charge in [0.05, 0.1) is 11.2 Å². The molecule has 0 aromatic heterocycles. The van der Waals surface area contributed by atoms with Crippen LogP contribution < -0.4 is 5.32 Å². The van der Waals surface area contributed by atoms with E-state index >= 15 is 0 Å². The summed E-state index contributed by atoms with van der Waals surface area (Å²) in [5.74, 6) is -0.296. The maximum Gasteiger partial charge on any atom is 0.416 e. The standard InChI is InChI=1S/C14H16F3NO2/c1-13(20,10-6-7-10)8-18-12(19)9-2-4-11(5-3-9)14(15,16)17/h2-5,10,20H,6-8H2,1H3,(H,18,19). The third-order valence-electron chi connectivity index (χ3n) is 3.54. The average Bonchev–Trinajstić information content (AvgIpc) is 3.20. The lowest BCUT2D eigenvalue weighted by Gasteiger charge is -2.23. The van der Waals surface area contributed by atoms with Crippen LogP contribution in [0.15, 0.2) is 24.3 Å². The second kappa shape index (κ2) is 5.09. The molecule has 1 saturated carbocycles. The van der Waals surface area contributed by atoms with Crippen LogP contribution in [0, 0.1) is 5.92 Å². The second-order valence-electron chi connectivity index (χ2n) is 5.39. The lowest BCUT2D eigenvalue weighted by atomic mass is 10.0. The Morgan fingerprint density at radius 3 is 2.30 bits per heavy atom. The third kappa shape index (κ3) is 3.50. The van der Waals surface area contributed by atoms with Crippen molar-refractivity contribution < 1.29 is 23.1 Å². The summed E-state index contributed by atoms with van der Waals surface area (Å²) in [6, 6.07) is 4.00. The highest BCUT2D eigenvalue weighted by atomic mass is 19.4. The smallest absolute Gasteiger partial charge is 0.388 e. The zero-order valence-corrected chi connectivity index (χ0v) is 11.0. The first kappa shape index (κ1) is 14.8. The minimum atomic E-state index is -4.41. The van der Waals surface area contributed by atoms with E-state index in [1.165, 1.54) is 0 Å². The number of carbonyl (C=O) groups is 1. The van der Waals surface area contributed by atoms with Crippen LogP contribution in [-0.2, 0) is 6.18 Å². The van der Waals surface area contributed by atoms with E-state index in [1.807, 2.05) is 0 Å². The number of carbonyl (C=O) groups excluding carboxylic acids is 1. The normalized spacial score (nSPS) is 18.4. The summed E-state index contributed by atoms with van der Waals surface area (Å²) in [4.78, 5) is 11.8. The van der Waals surface area contributed by atoms with Crippen molar-refractivity contribution >= 4 is 5.91 Å². The molecule has 1 atom stereocenters. The number of benzene rings is 1. The van der Waals surface area contributed by atoms with Crippen molar-refractivity contribution in [2.45, 2.75) is 31.5 Å². The molecule has 1 amide bonds. The molecule has 0 aliphatic heterocycles. The zero-order chi connectivity index (χ0) is 15.0. The molecule has 110 valence electrons. The van der Waals surface area contributed by atoms with E-state index in [0.29, 0.717) is 0 Å². The molecular formula is C14H16F3NO2. The summed E-state index contributed by atoms with van der Waals surface area (Å²) < 4.78 is 37.2. The molecule has 1 aromatic carbocycles. The minimum Gasteiger partial charge on any atom is -0.388 e. The maximum absolute atomic E-state index is 12.4. The number of rotatable bonds is 4. The van der Waals surface area contributed by atoms with Crippen molar-refractivity contribution in [2.24, 2.45) is 5.92 Å². The molecule has 20 heavy (non-hydrogen) atoms. The molecule has 0 saturated heterocycles. The molecule has 0 heterocycles. The molecule has 0 radical (unpaired) electrons. The highest BCUT2D eigenvalue weighted by molar-refractivity contribution is 5.94. The van der Waals surface area contributed by atoms with Gasteiger partial charge in [0.25, 0.3) is 5.91 Å². The molecule has 6 heteroatoms. The lowest BCUT2D eigenvalue weighted by Crippen LogP contribution is -2.42. The van der Waals surface area contributed by atoms with Crippen LogP contribution in [0.3, 0.4) is 0 Å². The largest absolute Gasteiger partial charge is 0.416 e. The maximum atomic E-state index is 12.4. The van der Waals surface area contributed by atoms with Gasteiger partial charge >= 0.3 is 6.18 Å². The van der Waals surface area contributed by atoms with Gasteiger partial charge < -0.3 is 10.4 Å². The molecule has 1 fully saturated rings.